The number of aromatic nitrogens is 1. The maximum Gasteiger partial charge on any atom is 0.240 e. The molecule has 2 aromatic heterocycles. The first-order chi connectivity index (χ1) is 11.5. The maximum absolute atomic E-state index is 13.2. The summed E-state index contributed by atoms with van der Waals surface area (Å²) in [6.07, 6.45) is 3.03. The molecule has 0 saturated carbocycles. The van der Waals surface area contributed by atoms with Crippen LogP contribution in [0, 0.1) is 11.6 Å². The molecule has 0 aliphatic rings. The molecule has 0 radical (unpaired) electrons. The molecule has 1 N–H and O–H groups in total. The third-order valence-corrected chi connectivity index (χ3v) is 4.66. The van der Waals surface area contributed by atoms with E-state index in [0.29, 0.717) is 23.1 Å². The molecule has 8 heteroatoms. The van der Waals surface area contributed by atoms with Crippen molar-refractivity contribution in [3.05, 3.63) is 72.1 Å². The molecule has 0 unspecified atom stereocenters. The van der Waals surface area contributed by atoms with Crippen LogP contribution in [0.25, 0.3) is 11.5 Å². The van der Waals surface area contributed by atoms with Crippen LogP contribution in [0.1, 0.15) is 5.56 Å². The predicted molar refractivity (Wildman–Crippen MR) is 82.3 cm³/mol. The second-order valence-corrected chi connectivity index (χ2v) is 6.70. The molecule has 0 atom stereocenters. The largest absolute Gasteiger partial charge is 0.463 e. The van der Waals surface area contributed by atoms with Gasteiger partial charge in [0, 0.05) is 12.7 Å². The predicted octanol–water partition coefficient (Wildman–Crippen LogP) is 3.10. The molecule has 0 saturated heterocycles. The van der Waals surface area contributed by atoms with Crippen LogP contribution in [0.4, 0.5) is 8.78 Å². The van der Waals surface area contributed by atoms with E-state index >= 15 is 0 Å². The monoisotopic (exact) mass is 350 g/mol. The Kier molecular flexibility index (Phi) is 4.41. The minimum atomic E-state index is -3.95. The Morgan fingerprint density at radius 2 is 1.92 bits per heavy atom. The molecule has 3 rings (SSSR count). The quantitative estimate of drug-likeness (QED) is 0.767. The fraction of sp³-hybridized carbons (Fsp3) is 0.0625. The molecular weight excluding hydrogens is 338 g/mol. The molecule has 2 heterocycles. The number of benzene rings is 1. The molecule has 0 bridgehead atoms. The van der Waals surface area contributed by atoms with Crippen molar-refractivity contribution in [1.82, 2.24) is 9.71 Å². The zero-order chi connectivity index (χ0) is 17.2. The average molecular weight is 350 g/mol. The summed E-state index contributed by atoms with van der Waals surface area (Å²) in [5.74, 6) is -1.72. The van der Waals surface area contributed by atoms with Crippen molar-refractivity contribution < 1.29 is 21.6 Å². The van der Waals surface area contributed by atoms with Crippen molar-refractivity contribution in [2.45, 2.75) is 11.4 Å². The summed E-state index contributed by atoms with van der Waals surface area (Å²) in [7, 11) is -3.95. The molecule has 124 valence electrons. The van der Waals surface area contributed by atoms with Gasteiger partial charge in [-0.1, -0.05) is 6.07 Å². The molecule has 5 nitrogen and oxygen atoms in total. The van der Waals surface area contributed by atoms with E-state index in [1.54, 1.807) is 24.3 Å². The van der Waals surface area contributed by atoms with Crippen molar-refractivity contribution in [3.63, 3.8) is 0 Å². The summed E-state index contributed by atoms with van der Waals surface area (Å²) < 4.78 is 57.8. The van der Waals surface area contributed by atoms with Crippen LogP contribution in [0.15, 0.2) is 64.2 Å². The Morgan fingerprint density at radius 1 is 1.08 bits per heavy atom. The van der Waals surface area contributed by atoms with Crippen molar-refractivity contribution in [3.8, 4) is 11.5 Å². The lowest BCUT2D eigenvalue weighted by Crippen LogP contribution is -2.23. The van der Waals surface area contributed by atoms with Crippen molar-refractivity contribution >= 4 is 10.0 Å². The molecule has 0 amide bonds. The number of nitrogens with zero attached hydrogens (tertiary/aromatic N) is 1. The van der Waals surface area contributed by atoms with Crippen LogP contribution in [0.3, 0.4) is 0 Å². The van der Waals surface area contributed by atoms with Gasteiger partial charge in [-0.05, 0) is 42.0 Å². The molecule has 0 aliphatic carbocycles. The van der Waals surface area contributed by atoms with Gasteiger partial charge in [-0.3, -0.25) is 4.98 Å². The highest BCUT2D eigenvalue weighted by Gasteiger charge is 2.16. The molecule has 3 aromatic rings. The van der Waals surface area contributed by atoms with Crippen LogP contribution < -0.4 is 4.72 Å². The number of nitrogens with one attached hydrogen (secondary N) is 1. The van der Waals surface area contributed by atoms with Crippen LogP contribution >= 0.6 is 0 Å². The number of hydrogen-bond donors (Lipinski definition) is 1. The number of sulfonamides is 1. The third kappa shape index (κ3) is 3.50. The maximum atomic E-state index is 13.2. The number of halogens is 2. The number of hydrogen-bond acceptors (Lipinski definition) is 4. The number of pyridine rings is 1. The Labute approximate surface area is 137 Å². The highest BCUT2D eigenvalue weighted by molar-refractivity contribution is 7.89. The van der Waals surface area contributed by atoms with Gasteiger partial charge in [-0.15, -0.1) is 0 Å². The lowest BCUT2D eigenvalue weighted by Gasteiger charge is -2.07. The van der Waals surface area contributed by atoms with Crippen LogP contribution in [-0.4, -0.2) is 13.4 Å². The Balaban J connectivity index is 1.71. The summed E-state index contributed by atoms with van der Waals surface area (Å²) in [6, 6.07) is 9.28. The van der Waals surface area contributed by atoms with E-state index < -0.39 is 21.7 Å². The second-order valence-electron chi connectivity index (χ2n) is 4.93. The van der Waals surface area contributed by atoms with Gasteiger partial charge in [0.25, 0.3) is 0 Å². The van der Waals surface area contributed by atoms with Gasteiger partial charge in [-0.25, -0.2) is 21.9 Å². The minimum absolute atomic E-state index is 0.0350. The zero-order valence-corrected chi connectivity index (χ0v) is 13.1. The van der Waals surface area contributed by atoms with E-state index in [4.69, 9.17) is 4.42 Å². The zero-order valence-electron chi connectivity index (χ0n) is 12.2. The lowest BCUT2D eigenvalue weighted by atomic mass is 10.2. The van der Waals surface area contributed by atoms with E-state index in [0.717, 1.165) is 12.1 Å². The summed E-state index contributed by atoms with van der Waals surface area (Å²) in [5.41, 5.74) is 1.23. The van der Waals surface area contributed by atoms with Gasteiger partial charge >= 0.3 is 0 Å². The fourth-order valence-corrected chi connectivity index (χ4v) is 3.03. The van der Waals surface area contributed by atoms with Gasteiger partial charge < -0.3 is 4.42 Å². The lowest BCUT2D eigenvalue weighted by molar-refractivity contribution is 0.504. The first-order valence-electron chi connectivity index (χ1n) is 6.89. The molecular formula is C16H12F2N2O3S. The van der Waals surface area contributed by atoms with E-state index in [2.05, 4.69) is 9.71 Å². The van der Waals surface area contributed by atoms with E-state index in [1.165, 1.54) is 12.5 Å². The average Bonchev–Trinajstić information content (AvgIpc) is 3.10. The van der Waals surface area contributed by atoms with E-state index in [1.807, 2.05) is 0 Å². The van der Waals surface area contributed by atoms with Crippen molar-refractivity contribution in [1.29, 1.82) is 0 Å². The first-order valence-corrected chi connectivity index (χ1v) is 8.37. The SMILES string of the molecule is O=S(=O)(NCc1ccc(-c2ccco2)nc1)c1ccc(F)c(F)c1. The van der Waals surface area contributed by atoms with Crippen LogP contribution in [-0.2, 0) is 16.6 Å². The van der Waals surface area contributed by atoms with Crippen LogP contribution in [0.5, 0.6) is 0 Å². The highest BCUT2D eigenvalue weighted by atomic mass is 32.2. The first kappa shape index (κ1) is 16.3. The normalized spacial score (nSPS) is 11.6. The Bertz CT molecular complexity index is 940. The molecule has 0 spiro atoms. The summed E-state index contributed by atoms with van der Waals surface area (Å²) in [6.45, 7) is -0.0350. The molecule has 0 fully saturated rings. The van der Waals surface area contributed by atoms with Gasteiger partial charge in [0.15, 0.2) is 17.4 Å². The van der Waals surface area contributed by atoms with E-state index in [9.17, 15) is 17.2 Å². The highest BCUT2D eigenvalue weighted by Crippen LogP contribution is 2.18. The molecule has 0 aliphatic heterocycles. The third-order valence-electron chi connectivity index (χ3n) is 3.27. The van der Waals surface area contributed by atoms with Crippen LogP contribution in [0.2, 0.25) is 0 Å². The topological polar surface area (TPSA) is 72.2 Å². The summed E-state index contributed by atoms with van der Waals surface area (Å²) >= 11 is 0. The summed E-state index contributed by atoms with van der Waals surface area (Å²) in [4.78, 5) is 3.84. The number of rotatable bonds is 5. The van der Waals surface area contributed by atoms with Crippen molar-refractivity contribution in [2.24, 2.45) is 0 Å². The molecule has 24 heavy (non-hydrogen) atoms. The van der Waals surface area contributed by atoms with E-state index in [-0.39, 0.29) is 11.4 Å². The second kappa shape index (κ2) is 6.50. The Hall–Kier alpha value is -2.58. The van der Waals surface area contributed by atoms with Gasteiger partial charge in [0.1, 0.15) is 5.69 Å². The smallest absolute Gasteiger partial charge is 0.240 e. The Morgan fingerprint density at radius 3 is 2.54 bits per heavy atom. The van der Waals surface area contributed by atoms with Gasteiger partial charge in [0.2, 0.25) is 10.0 Å². The molecule has 1 aromatic carbocycles. The summed E-state index contributed by atoms with van der Waals surface area (Å²) in [5, 5.41) is 0. The van der Waals surface area contributed by atoms with Crippen molar-refractivity contribution in [2.75, 3.05) is 0 Å². The standard InChI is InChI=1S/C16H12F2N2O3S/c17-13-5-4-12(8-14(13)18)24(21,22)20-10-11-3-6-15(19-9-11)16-2-1-7-23-16/h1-9,20H,10H2. The van der Waals surface area contributed by atoms with Gasteiger partial charge in [0.05, 0.1) is 11.2 Å². The van der Waals surface area contributed by atoms with Gasteiger partial charge in [-0.2, -0.15) is 0 Å². The minimum Gasteiger partial charge on any atom is -0.463 e. The fourth-order valence-electron chi connectivity index (χ4n) is 2.00. The number of furan rings is 1.